The van der Waals surface area contributed by atoms with Crippen molar-refractivity contribution in [2.75, 3.05) is 56.6 Å². The second-order valence-corrected chi connectivity index (χ2v) is 8.13. The molecule has 0 unspecified atom stereocenters. The standard InChI is InChI=1S/C23H32N4OS/c1-18-5-6-20(17-19(18)2)25-23(29)24-11-4-12-26-13-15-27(16-14-26)21-7-9-22(28-3)10-8-21/h5-10,17H,4,11-16H2,1-3H3,(H2,24,25,29)/p+1. The fourth-order valence-corrected chi connectivity index (χ4v) is 3.88. The first-order valence-electron chi connectivity index (χ1n) is 10.4. The van der Waals surface area contributed by atoms with Gasteiger partial charge >= 0.3 is 0 Å². The Kier molecular flexibility index (Phi) is 7.72. The fraction of sp³-hybridized carbons (Fsp3) is 0.435. The molecule has 156 valence electrons. The van der Waals surface area contributed by atoms with Crippen LogP contribution in [-0.2, 0) is 0 Å². The van der Waals surface area contributed by atoms with Gasteiger partial charge in [0.15, 0.2) is 5.11 Å². The molecule has 0 saturated carbocycles. The van der Waals surface area contributed by atoms with Gasteiger partial charge in [0, 0.05) is 24.3 Å². The summed E-state index contributed by atoms with van der Waals surface area (Å²) in [7, 11) is 1.71. The van der Waals surface area contributed by atoms with Crippen molar-refractivity contribution in [3.05, 3.63) is 53.6 Å². The van der Waals surface area contributed by atoms with E-state index in [1.165, 1.54) is 36.4 Å². The second-order valence-electron chi connectivity index (χ2n) is 7.72. The first-order chi connectivity index (χ1) is 14.0. The summed E-state index contributed by atoms with van der Waals surface area (Å²) in [6, 6.07) is 14.7. The topological polar surface area (TPSA) is 41.0 Å². The van der Waals surface area contributed by atoms with Gasteiger partial charge < -0.3 is 25.2 Å². The molecule has 1 aliphatic rings. The van der Waals surface area contributed by atoms with Crippen molar-refractivity contribution >= 4 is 28.7 Å². The van der Waals surface area contributed by atoms with E-state index in [4.69, 9.17) is 17.0 Å². The van der Waals surface area contributed by atoms with Gasteiger partial charge in [-0.05, 0) is 73.6 Å². The maximum atomic E-state index is 5.42. The minimum Gasteiger partial charge on any atom is -0.497 e. The number of aryl methyl sites for hydroxylation is 2. The number of thiocarbonyl (C=S) groups is 1. The molecule has 0 aliphatic carbocycles. The van der Waals surface area contributed by atoms with Crippen LogP contribution in [0.5, 0.6) is 5.75 Å². The van der Waals surface area contributed by atoms with Crippen LogP contribution >= 0.6 is 12.2 Å². The van der Waals surface area contributed by atoms with Crippen molar-refractivity contribution in [1.82, 2.24) is 5.32 Å². The average Bonchev–Trinajstić information content (AvgIpc) is 2.74. The average molecular weight is 414 g/mol. The normalized spacial score (nSPS) is 14.5. The Morgan fingerprint density at radius 3 is 2.45 bits per heavy atom. The molecule has 29 heavy (non-hydrogen) atoms. The molecule has 5 nitrogen and oxygen atoms in total. The summed E-state index contributed by atoms with van der Waals surface area (Å²) in [5.41, 5.74) is 4.90. The molecule has 0 amide bonds. The van der Waals surface area contributed by atoms with E-state index in [0.717, 1.165) is 37.5 Å². The number of hydrogen-bond donors (Lipinski definition) is 3. The lowest BCUT2D eigenvalue weighted by atomic mass is 10.1. The number of quaternary nitrogens is 1. The summed E-state index contributed by atoms with van der Waals surface area (Å²) < 4.78 is 5.25. The van der Waals surface area contributed by atoms with Crippen LogP contribution < -0.4 is 25.2 Å². The molecule has 0 atom stereocenters. The van der Waals surface area contributed by atoms with Crippen LogP contribution in [0.2, 0.25) is 0 Å². The Labute approximate surface area is 180 Å². The van der Waals surface area contributed by atoms with Crippen molar-refractivity contribution < 1.29 is 9.64 Å². The third-order valence-corrected chi connectivity index (χ3v) is 5.91. The van der Waals surface area contributed by atoms with Gasteiger partial charge in [0.25, 0.3) is 0 Å². The Balaban J connectivity index is 1.32. The van der Waals surface area contributed by atoms with E-state index in [2.05, 4.69) is 59.7 Å². The maximum absolute atomic E-state index is 5.42. The van der Waals surface area contributed by atoms with Gasteiger partial charge in [-0.1, -0.05) is 6.07 Å². The number of methoxy groups -OCH3 is 1. The summed E-state index contributed by atoms with van der Waals surface area (Å²) in [6.07, 6.45) is 1.12. The quantitative estimate of drug-likeness (QED) is 0.480. The van der Waals surface area contributed by atoms with Crippen molar-refractivity contribution in [3.63, 3.8) is 0 Å². The number of hydrogen-bond acceptors (Lipinski definition) is 3. The first kappa shape index (κ1) is 21.4. The minimum absolute atomic E-state index is 0.701. The first-order valence-corrected chi connectivity index (χ1v) is 10.8. The van der Waals surface area contributed by atoms with E-state index in [-0.39, 0.29) is 0 Å². The summed E-state index contributed by atoms with van der Waals surface area (Å²) in [6.45, 7) is 10.9. The molecule has 1 saturated heterocycles. The molecule has 6 heteroatoms. The van der Waals surface area contributed by atoms with Crippen molar-refractivity contribution in [1.29, 1.82) is 0 Å². The van der Waals surface area contributed by atoms with Crippen LogP contribution in [0.1, 0.15) is 17.5 Å². The summed E-state index contributed by atoms with van der Waals surface area (Å²) in [5.74, 6) is 0.912. The maximum Gasteiger partial charge on any atom is 0.170 e. The molecule has 0 radical (unpaired) electrons. The monoisotopic (exact) mass is 413 g/mol. The minimum atomic E-state index is 0.701. The Morgan fingerprint density at radius 2 is 1.79 bits per heavy atom. The van der Waals surface area contributed by atoms with Crippen molar-refractivity contribution in [2.45, 2.75) is 20.3 Å². The molecule has 1 aliphatic heterocycles. The zero-order valence-electron chi connectivity index (χ0n) is 17.8. The van der Waals surface area contributed by atoms with Gasteiger partial charge in [0.2, 0.25) is 0 Å². The van der Waals surface area contributed by atoms with Crippen molar-refractivity contribution in [3.8, 4) is 5.75 Å². The Hall–Kier alpha value is -2.31. The predicted octanol–water partition coefficient (Wildman–Crippen LogP) is 2.39. The number of rotatable bonds is 7. The van der Waals surface area contributed by atoms with E-state index in [0.29, 0.717) is 5.11 Å². The SMILES string of the molecule is COc1ccc(N2CC[NH+](CCCNC(=S)Nc3ccc(C)c(C)c3)CC2)cc1. The molecule has 0 aromatic heterocycles. The largest absolute Gasteiger partial charge is 0.497 e. The molecule has 3 N–H and O–H groups in total. The van der Waals surface area contributed by atoms with Gasteiger partial charge in [0.05, 0.1) is 39.8 Å². The van der Waals surface area contributed by atoms with Crippen LogP contribution in [0.15, 0.2) is 42.5 Å². The molecular formula is C23H33N4OS+. The van der Waals surface area contributed by atoms with Crippen LogP contribution in [0.3, 0.4) is 0 Å². The van der Waals surface area contributed by atoms with Crippen molar-refractivity contribution in [2.24, 2.45) is 0 Å². The lowest BCUT2D eigenvalue weighted by molar-refractivity contribution is -0.900. The summed E-state index contributed by atoms with van der Waals surface area (Å²) in [5, 5.41) is 7.31. The molecule has 0 bridgehead atoms. The summed E-state index contributed by atoms with van der Waals surface area (Å²) in [4.78, 5) is 4.13. The fourth-order valence-electron chi connectivity index (χ4n) is 3.66. The molecule has 2 aromatic carbocycles. The lowest BCUT2D eigenvalue weighted by Crippen LogP contribution is -3.15. The Morgan fingerprint density at radius 1 is 1.07 bits per heavy atom. The third kappa shape index (κ3) is 6.34. The van der Waals surface area contributed by atoms with Gasteiger partial charge in [-0.3, -0.25) is 0 Å². The molecule has 0 spiro atoms. The number of ether oxygens (including phenoxy) is 1. The molecular weight excluding hydrogens is 380 g/mol. The van der Waals surface area contributed by atoms with Gasteiger partial charge in [0.1, 0.15) is 5.75 Å². The van der Waals surface area contributed by atoms with Crippen LogP contribution in [0.25, 0.3) is 0 Å². The number of nitrogens with one attached hydrogen (secondary N) is 3. The van der Waals surface area contributed by atoms with E-state index in [9.17, 15) is 0 Å². The number of piperazine rings is 1. The zero-order valence-corrected chi connectivity index (χ0v) is 18.6. The predicted molar refractivity (Wildman–Crippen MR) is 126 cm³/mol. The van der Waals surface area contributed by atoms with Crippen LogP contribution in [-0.4, -0.2) is 51.5 Å². The highest BCUT2D eigenvalue weighted by Gasteiger charge is 2.19. The van der Waals surface area contributed by atoms with Gasteiger partial charge in [-0.2, -0.15) is 0 Å². The highest BCUT2D eigenvalue weighted by atomic mass is 32.1. The second kappa shape index (κ2) is 10.5. The number of anilines is 2. The highest BCUT2D eigenvalue weighted by Crippen LogP contribution is 2.19. The molecule has 3 rings (SSSR count). The van der Waals surface area contributed by atoms with Crippen LogP contribution in [0.4, 0.5) is 11.4 Å². The third-order valence-electron chi connectivity index (χ3n) is 5.67. The smallest absolute Gasteiger partial charge is 0.170 e. The van der Waals surface area contributed by atoms with E-state index >= 15 is 0 Å². The zero-order chi connectivity index (χ0) is 20.6. The number of nitrogens with zero attached hydrogens (tertiary/aromatic N) is 1. The van der Waals surface area contributed by atoms with Crippen LogP contribution in [0, 0.1) is 13.8 Å². The molecule has 2 aromatic rings. The van der Waals surface area contributed by atoms with Gasteiger partial charge in [-0.15, -0.1) is 0 Å². The number of benzene rings is 2. The lowest BCUT2D eigenvalue weighted by Gasteiger charge is -2.33. The molecule has 1 fully saturated rings. The van der Waals surface area contributed by atoms with E-state index < -0.39 is 0 Å². The molecule has 1 heterocycles. The summed E-state index contributed by atoms with van der Waals surface area (Å²) >= 11 is 5.42. The van der Waals surface area contributed by atoms with Gasteiger partial charge in [-0.25, -0.2) is 0 Å². The van der Waals surface area contributed by atoms with E-state index in [1.807, 2.05) is 12.1 Å². The van der Waals surface area contributed by atoms with E-state index in [1.54, 1.807) is 12.0 Å². The highest BCUT2D eigenvalue weighted by molar-refractivity contribution is 7.80. The Bertz CT molecular complexity index is 801.